The summed E-state index contributed by atoms with van der Waals surface area (Å²) >= 11 is 0. The molecule has 1 aromatic rings. The standard InChI is InChI=1S/C14H18F2/c1-4-6-13(14(15,16)5-2)12-9-7-11(3)8-10-12/h6-10H,4-5H2,1-3H3/b13-6-. The van der Waals surface area contributed by atoms with E-state index in [1.807, 2.05) is 26.0 Å². The highest BCUT2D eigenvalue weighted by atomic mass is 19.3. The Balaban J connectivity index is 3.14. The lowest BCUT2D eigenvalue weighted by molar-refractivity contribution is 0.0625. The number of benzene rings is 1. The molecule has 0 nitrogen and oxygen atoms in total. The van der Waals surface area contributed by atoms with Gasteiger partial charge in [0.2, 0.25) is 0 Å². The molecule has 2 heteroatoms. The molecule has 1 aromatic carbocycles. The molecule has 0 saturated carbocycles. The van der Waals surface area contributed by atoms with Gasteiger partial charge in [-0.05, 0) is 18.9 Å². The van der Waals surface area contributed by atoms with Gasteiger partial charge in [-0.15, -0.1) is 0 Å². The predicted octanol–water partition coefficient (Wildman–Crippen LogP) is 4.83. The van der Waals surface area contributed by atoms with Gasteiger partial charge < -0.3 is 0 Å². The Morgan fingerprint density at radius 2 is 1.75 bits per heavy atom. The number of hydrogen-bond acceptors (Lipinski definition) is 0. The van der Waals surface area contributed by atoms with Gasteiger partial charge >= 0.3 is 0 Å². The highest BCUT2D eigenvalue weighted by Gasteiger charge is 2.32. The Kier molecular flexibility index (Phi) is 4.22. The molecule has 0 atom stereocenters. The van der Waals surface area contributed by atoms with Crippen molar-refractivity contribution in [1.82, 2.24) is 0 Å². The van der Waals surface area contributed by atoms with Crippen molar-refractivity contribution in [3.63, 3.8) is 0 Å². The van der Waals surface area contributed by atoms with Crippen LogP contribution in [-0.2, 0) is 0 Å². The molecule has 0 N–H and O–H groups in total. The molecule has 0 bridgehead atoms. The van der Waals surface area contributed by atoms with Gasteiger partial charge in [-0.3, -0.25) is 0 Å². The fourth-order valence-corrected chi connectivity index (χ4v) is 1.61. The summed E-state index contributed by atoms with van der Waals surface area (Å²) in [6.07, 6.45) is 2.08. The summed E-state index contributed by atoms with van der Waals surface area (Å²) < 4.78 is 27.4. The first kappa shape index (κ1) is 12.9. The van der Waals surface area contributed by atoms with Crippen LogP contribution in [0.3, 0.4) is 0 Å². The molecule has 0 fully saturated rings. The molecule has 1 rings (SSSR count). The maximum Gasteiger partial charge on any atom is 0.273 e. The molecule has 0 aliphatic rings. The molecule has 0 saturated heterocycles. The third-order valence-corrected chi connectivity index (χ3v) is 2.61. The van der Waals surface area contributed by atoms with Crippen LogP contribution in [0.2, 0.25) is 0 Å². The van der Waals surface area contributed by atoms with E-state index in [9.17, 15) is 8.78 Å². The molecule has 88 valence electrons. The highest BCUT2D eigenvalue weighted by molar-refractivity contribution is 5.70. The fraction of sp³-hybridized carbons (Fsp3) is 0.429. The van der Waals surface area contributed by atoms with Gasteiger partial charge in [-0.1, -0.05) is 49.8 Å². The van der Waals surface area contributed by atoms with Crippen LogP contribution in [-0.4, -0.2) is 5.92 Å². The minimum atomic E-state index is -2.73. The molecule has 0 aliphatic heterocycles. The first-order valence-corrected chi connectivity index (χ1v) is 5.66. The van der Waals surface area contributed by atoms with Crippen LogP contribution in [0.5, 0.6) is 0 Å². The lowest BCUT2D eigenvalue weighted by atomic mass is 9.96. The van der Waals surface area contributed by atoms with E-state index in [1.54, 1.807) is 18.2 Å². The normalized spacial score (nSPS) is 12.9. The number of alkyl halides is 2. The molecule has 0 spiro atoms. The topological polar surface area (TPSA) is 0 Å². The minimum Gasteiger partial charge on any atom is -0.201 e. The van der Waals surface area contributed by atoms with E-state index in [1.165, 1.54) is 6.92 Å². The van der Waals surface area contributed by atoms with Crippen LogP contribution in [0.15, 0.2) is 30.3 Å². The number of aryl methyl sites for hydroxylation is 1. The van der Waals surface area contributed by atoms with Crippen molar-refractivity contribution < 1.29 is 8.78 Å². The second-order valence-electron chi connectivity index (χ2n) is 3.95. The van der Waals surface area contributed by atoms with Crippen LogP contribution in [0.1, 0.15) is 37.8 Å². The predicted molar refractivity (Wildman–Crippen MR) is 64.7 cm³/mol. The van der Waals surface area contributed by atoms with Crippen molar-refractivity contribution >= 4 is 5.57 Å². The second-order valence-corrected chi connectivity index (χ2v) is 3.95. The van der Waals surface area contributed by atoms with Crippen molar-refractivity contribution in [3.8, 4) is 0 Å². The average molecular weight is 224 g/mol. The minimum absolute atomic E-state index is 0.150. The highest BCUT2D eigenvalue weighted by Crippen LogP contribution is 2.35. The monoisotopic (exact) mass is 224 g/mol. The van der Waals surface area contributed by atoms with Gasteiger partial charge in [-0.25, -0.2) is 8.78 Å². The van der Waals surface area contributed by atoms with E-state index in [0.29, 0.717) is 12.0 Å². The van der Waals surface area contributed by atoms with E-state index in [4.69, 9.17) is 0 Å². The van der Waals surface area contributed by atoms with Gasteiger partial charge in [0.15, 0.2) is 0 Å². The van der Waals surface area contributed by atoms with Crippen LogP contribution < -0.4 is 0 Å². The number of allylic oxidation sites excluding steroid dienone is 2. The number of halogens is 2. The average Bonchev–Trinajstić information content (AvgIpc) is 2.27. The van der Waals surface area contributed by atoms with E-state index in [-0.39, 0.29) is 12.0 Å². The summed E-state index contributed by atoms with van der Waals surface area (Å²) in [6.45, 7) is 5.34. The van der Waals surface area contributed by atoms with E-state index in [2.05, 4.69) is 0 Å². The quantitative estimate of drug-likeness (QED) is 0.687. The lowest BCUT2D eigenvalue weighted by Crippen LogP contribution is -2.16. The van der Waals surface area contributed by atoms with E-state index >= 15 is 0 Å². The zero-order valence-electron chi connectivity index (χ0n) is 10.1. The summed E-state index contributed by atoms with van der Waals surface area (Å²) in [5.41, 5.74) is 1.86. The Bertz CT molecular complexity index is 361. The third-order valence-electron chi connectivity index (χ3n) is 2.61. The molecule has 16 heavy (non-hydrogen) atoms. The van der Waals surface area contributed by atoms with Gasteiger partial charge in [0.25, 0.3) is 5.92 Å². The molecule has 0 radical (unpaired) electrons. The van der Waals surface area contributed by atoms with Crippen LogP contribution in [0, 0.1) is 6.92 Å². The number of hydrogen-bond donors (Lipinski definition) is 0. The summed E-state index contributed by atoms with van der Waals surface area (Å²) in [7, 11) is 0. The molecule has 0 aromatic heterocycles. The molecular formula is C14H18F2. The van der Waals surface area contributed by atoms with Crippen molar-refractivity contribution in [2.45, 2.75) is 39.5 Å². The number of rotatable bonds is 4. The van der Waals surface area contributed by atoms with Gasteiger partial charge in [0, 0.05) is 12.0 Å². The molecule has 0 heterocycles. The Morgan fingerprint density at radius 1 is 1.19 bits per heavy atom. The zero-order valence-corrected chi connectivity index (χ0v) is 10.1. The molecule has 0 aliphatic carbocycles. The zero-order chi connectivity index (χ0) is 12.2. The summed E-state index contributed by atoms with van der Waals surface area (Å²) in [4.78, 5) is 0. The van der Waals surface area contributed by atoms with Crippen LogP contribution in [0.25, 0.3) is 5.57 Å². The molecule has 0 amide bonds. The van der Waals surface area contributed by atoms with Crippen LogP contribution in [0.4, 0.5) is 8.78 Å². The fourth-order valence-electron chi connectivity index (χ4n) is 1.61. The maximum atomic E-state index is 13.7. The van der Waals surface area contributed by atoms with Crippen LogP contribution >= 0.6 is 0 Å². The van der Waals surface area contributed by atoms with Crippen molar-refractivity contribution in [2.24, 2.45) is 0 Å². The lowest BCUT2D eigenvalue weighted by Gasteiger charge is -2.19. The van der Waals surface area contributed by atoms with Crippen molar-refractivity contribution in [3.05, 3.63) is 41.5 Å². The molecular weight excluding hydrogens is 206 g/mol. The van der Waals surface area contributed by atoms with E-state index in [0.717, 1.165) is 5.56 Å². The first-order valence-electron chi connectivity index (χ1n) is 5.66. The SMILES string of the molecule is CC/C=C(/c1ccc(C)cc1)C(F)(F)CC. The summed E-state index contributed by atoms with van der Waals surface area (Å²) in [6, 6.07) is 7.26. The largest absolute Gasteiger partial charge is 0.273 e. The Labute approximate surface area is 96.0 Å². The first-order chi connectivity index (χ1) is 7.51. The molecule has 0 unspecified atom stereocenters. The van der Waals surface area contributed by atoms with E-state index < -0.39 is 5.92 Å². The maximum absolute atomic E-state index is 13.7. The third kappa shape index (κ3) is 2.91. The summed E-state index contributed by atoms with van der Waals surface area (Å²) in [5, 5.41) is 0. The van der Waals surface area contributed by atoms with Gasteiger partial charge in [-0.2, -0.15) is 0 Å². The summed E-state index contributed by atoms with van der Waals surface area (Å²) in [5.74, 6) is -2.73. The Hall–Kier alpha value is -1.18. The van der Waals surface area contributed by atoms with Crippen molar-refractivity contribution in [1.29, 1.82) is 0 Å². The van der Waals surface area contributed by atoms with Gasteiger partial charge in [0.1, 0.15) is 0 Å². The van der Waals surface area contributed by atoms with Crippen molar-refractivity contribution in [2.75, 3.05) is 0 Å². The smallest absolute Gasteiger partial charge is 0.201 e. The Morgan fingerprint density at radius 3 is 2.19 bits per heavy atom. The van der Waals surface area contributed by atoms with Gasteiger partial charge in [0.05, 0.1) is 0 Å². The second kappa shape index (κ2) is 5.24.